The maximum absolute atomic E-state index is 11.2. The van der Waals surface area contributed by atoms with Crippen LogP contribution in [0.4, 0.5) is 0 Å². The third kappa shape index (κ3) is 11.4. The van der Waals surface area contributed by atoms with E-state index in [9.17, 15) is 4.79 Å². The van der Waals surface area contributed by atoms with Crippen LogP contribution in [0.25, 0.3) is 0 Å². The lowest BCUT2D eigenvalue weighted by Crippen LogP contribution is -2.37. The normalized spacial score (nSPS) is 11.5. The van der Waals surface area contributed by atoms with Crippen molar-refractivity contribution in [2.24, 2.45) is 0 Å². The van der Waals surface area contributed by atoms with Gasteiger partial charge in [-0.25, -0.2) is 0 Å². The van der Waals surface area contributed by atoms with Crippen LogP contribution in [0.5, 0.6) is 0 Å². The van der Waals surface area contributed by atoms with Gasteiger partial charge in [0, 0.05) is 0 Å². The highest BCUT2D eigenvalue weighted by Gasteiger charge is 2.22. The van der Waals surface area contributed by atoms with Crippen molar-refractivity contribution in [3.63, 3.8) is 0 Å². The lowest BCUT2D eigenvalue weighted by Gasteiger charge is -2.12. The molecule has 0 aliphatic heterocycles. The summed E-state index contributed by atoms with van der Waals surface area (Å²) in [7, 11) is 0. The van der Waals surface area contributed by atoms with Gasteiger partial charge < -0.3 is 0 Å². The molecule has 3 heteroatoms. The smallest absolute Gasteiger partial charge is 0.198 e. The molecule has 1 N–H and O–H groups in total. The van der Waals surface area contributed by atoms with E-state index in [2.05, 4.69) is 12.4 Å². The third-order valence-corrected chi connectivity index (χ3v) is 1.96. The van der Waals surface area contributed by atoms with E-state index in [0.29, 0.717) is 6.42 Å². The number of nitrogens with one attached hydrogen (secondary N) is 1. The van der Waals surface area contributed by atoms with E-state index in [0.717, 1.165) is 12.8 Å². The Morgan fingerprint density at radius 1 is 1.13 bits per heavy atom. The maximum Gasteiger partial charge on any atom is 0.597 e. The summed E-state index contributed by atoms with van der Waals surface area (Å²) >= 11 is 0. The minimum Gasteiger partial charge on any atom is -0.198 e. The van der Waals surface area contributed by atoms with Crippen molar-refractivity contribution in [3.8, 4) is 0 Å². The van der Waals surface area contributed by atoms with E-state index in [1.54, 1.807) is 0 Å². The Balaban J connectivity index is 3.34. The van der Waals surface area contributed by atoms with Crippen LogP contribution in [0.2, 0.25) is 0 Å². The molecule has 0 aromatic carbocycles. The maximum atomic E-state index is 11.2. The van der Waals surface area contributed by atoms with E-state index in [1.807, 2.05) is 20.8 Å². The van der Waals surface area contributed by atoms with Crippen molar-refractivity contribution >= 4 is 5.97 Å². The van der Waals surface area contributed by atoms with Crippen LogP contribution in [-0.4, -0.2) is 11.5 Å². The molecule has 0 unspecified atom stereocenters. The molecule has 0 fully saturated rings. The van der Waals surface area contributed by atoms with Crippen LogP contribution in [0.3, 0.4) is 0 Å². The van der Waals surface area contributed by atoms with Crippen LogP contribution in [0.15, 0.2) is 0 Å². The third-order valence-electron chi connectivity index (χ3n) is 1.96. The van der Waals surface area contributed by atoms with Gasteiger partial charge in [0.05, 0.1) is 10.3 Å². The van der Waals surface area contributed by atoms with Crippen molar-refractivity contribution in [3.05, 3.63) is 0 Å². The molecule has 0 saturated carbocycles. The molecule has 89 valence electrons. The zero-order valence-electron chi connectivity index (χ0n) is 10.6. The van der Waals surface area contributed by atoms with Crippen LogP contribution >= 0.6 is 0 Å². The molecule has 0 saturated heterocycles. The van der Waals surface area contributed by atoms with Crippen LogP contribution in [-0.2, 0) is 9.63 Å². The predicted molar refractivity (Wildman–Crippen MR) is 62.4 cm³/mol. The molecule has 0 aliphatic rings. The molecule has 0 heterocycles. The standard InChI is InChI=1S/C12H25NO2/c1-5-6-7-8-9-10-11(14)15-13-12(2,3)4/h13H,5-10H2,1-4H3/q+1. The van der Waals surface area contributed by atoms with Crippen molar-refractivity contribution in [2.45, 2.75) is 71.8 Å². The van der Waals surface area contributed by atoms with Gasteiger partial charge in [-0.15, -0.1) is 0 Å². The van der Waals surface area contributed by atoms with Gasteiger partial charge in [-0.3, -0.25) is 0 Å². The summed E-state index contributed by atoms with van der Waals surface area (Å²) in [6.07, 6.45) is 6.29. The van der Waals surface area contributed by atoms with E-state index >= 15 is 0 Å². The summed E-state index contributed by atoms with van der Waals surface area (Å²) in [6.45, 7) is 8.06. The molecular formula is C12H25NO2+. The molecule has 0 aromatic heterocycles. The number of rotatable bonds is 7. The number of unbranched alkanes of at least 4 members (excludes halogenated alkanes) is 4. The molecule has 3 nitrogen and oxygen atoms in total. The highest BCUT2D eigenvalue weighted by atomic mass is 16.7. The second-order valence-electron chi connectivity index (χ2n) is 4.99. The number of hydrogen-bond acceptors (Lipinski definition) is 3. The van der Waals surface area contributed by atoms with E-state index < -0.39 is 0 Å². The molecular weight excluding hydrogens is 190 g/mol. The Labute approximate surface area is 93.5 Å². The molecule has 0 bridgehead atoms. The highest BCUT2D eigenvalue weighted by Crippen LogP contribution is 2.06. The van der Waals surface area contributed by atoms with Gasteiger partial charge in [0.1, 0.15) is 6.42 Å². The van der Waals surface area contributed by atoms with Crippen LogP contribution in [0, 0.1) is 0 Å². The predicted octanol–water partition coefficient (Wildman–Crippen LogP) is 3.19. The largest absolute Gasteiger partial charge is 0.597 e. The number of hydroxylamine groups is 1. The summed E-state index contributed by atoms with van der Waals surface area (Å²) in [6, 6.07) is 0. The van der Waals surface area contributed by atoms with Crippen LogP contribution in [0.1, 0.15) is 66.2 Å². The van der Waals surface area contributed by atoms with Gasteiger partial charge in [-0.05, 0) is 32.7 Å². The quantitative estimate of drug-likeness (QED) is 0.403. The summed E-state index contributed by atoms with van der Waals surface area (Å²) in [4.78, 5) is 16.2. The zero-order valence-corrected chi connectivity index (χ0v) is 10.6. The Bertz CT molecular complexity index is 173. The van der Waals surface area contributed by atoms with E-state index in [4.69, 9.17) is 4.84 Å². The highest BCUT2D eigenvalue weighted by molar-refractivity contribution is 5.68. The van der Waals surface area contributed by atoms with Crippen molar-refractivity contribution in [1.29, 1.82) is 0 Å². The second kappa shape index (κ2) is 7.69. The average Bonchev–Trinajstić information content (AvgIpc) is 2.13. The monoisotopic (exact) mass is 215 g/mol. The van der Waals surface area contributed by atoms with Gasteiger partial charge in [-0.1, -0.05) is 32.6 Å². The number of carbonyl (C=O) groups excluding carboxylic acids is 1. The lowest BCUT2D eigenvalue weighted by atomic mass is 10.1. The molecule has 0 amide bonds. The summed E-state index contributed by atoms with van der Waals surface area (Å²) in [5.74, 6) is -0.151. The van der Waals surface area contributed by atoms with Crippen LogP contribution < -0.4 is 5.48 Å². The van der Waals surface area contributed by atoms with Gasteiger partial charge in [0.2, 0.25) is 0 Å². The fourth-order valence-electron chi connectivity index (χ4n) is 1.13. The summed E-state index contributed by atoms with van der Waals surface area (Å²) in [5.41, 5.74) is 2.56. The van der Waals surface area contributed by atoms with Crippen molar-refractivity contribution < 1.29 is 9.63 Å². The Kier molecular flexibility index (Phi) is 7.39. The first kappa shape index (κ1) is 14.4. The Hall–Kier alpha value is -0.570. The minimum atomic E-state index is -0.169. The van der Waals surface area contributed by atoms with Gasteiger partial charge >= 0.3 is 5.97 Å². The fourth-order valence-corrected chi connectivity index (χ4v) is 1.13. The Morgan fingerprint density at radius 2 is 1.73 bits per heavy atom. The molecule has 1 radical (unpaired) electrons. The molecule has 0 atom stereocenters. The van der Waals surface area contributed by atoms with Gasteiger partial charge in [-0.2, -0.15) is 4.84 Å². The topological polar surface area (TPSA) is 41.2 Å². The van der Waals surface area contributed by atoms with E-state index in [1.165, 1.54) is 19.3 Å². The molecule has 15 heavy (non-hydrogen) atoms. The molecule has 0 aliphatic carbocycles. The fraction of sp³-hybridized carbons (Fsp3) is 0.917. The molecule has 0 rings (SSSR count). The summed E-state index contributed by atoms with van der Waals surface area (Å²) in [5, 5.41) is 0. The number of carbonyl (C=O) groups is 1. The molecule has 0 spiro atoms. The van der Waals surface area contributed by atoms with Gasteiger partial charge in [0.25, 0.3) is 0 Å². The minimum absolute atomic E-state index is 0.151. The lowest BCUT2D eigenvalue weighted by molar-refractivity contribution is -0.155. The first-order chi connectivity index (χ1) is 6.95. The first-order valence-electron chi connectivity index (χ1n) is 5.92. The first-order valence-corrected chi connectivity index (χ1v) is 5.92. The average molecular weight is 215 g/mol. The molecule has 0 aromatic rings. The van der Waals surface area contributed by atoms with Crippen molar-refractivity contribution in [1.82, 2.24) is 5.48 Å². The Morgan fingerprint density at radius 3 is 2.27 bits per heavy atom. The number of hydrogen-bond donors (Lipinski definition) is 1. The SMILES string of the molecule is CCCCCCCC(=[O+])ONC(C)(C)C. The summed E-state index contributed by atoms with van der Waals surface area (Å²) < 4.78 is 0. The second-order valence-corrected chi connectivity index (χ2v) is 4.99. The zero-order chi connectivity index (χ0) is 11.7. The van der Waals surface area contributed by atoms with Gasteiger partial charge in [0.15, 0.2) is 0 Å². The van der Waals surface area contributed by atoms with E-state index in [-0.39, 0.29) is 11.5 Å². The van der Waals surface area contributed by atoms with Crippen molar-refractivity contribution in [2.75, 3.05) is 0 Å².